The second kappa shape index (κ2) is 7.91. The fraction of sp³-hybridized carbons (Fsp3) is 0.500. The predicted molar refractivity (Wildman–Crippen MR) is 106 cm³/mol. The molecule has 2 fully saturated rings. The highest BCUT2D eigenvalue weighted by molar-refractivity contribution is 5.75. The molecule has 138 valence electrons. The smallest absolute Gasteiger partial charge is 0.157 e. The monoisotopic (exact) mass is 352 g/mol. The number of hydrogen-bond donors (Lipinski definition) is 1. The van der Waals surface area contributed by atoms with Crippen molar-refractivity contribution in [3.8, 4) is 0 Å². The summed E-state index contributed by atoms with van der Waals surface area (Å²) in [6.45, 7) is 7.06. The third kappa shape index (κ3) is 3.75. The highest BCUT2D eigenvalue weighted by Crippen LogP contribution is 2.31. The Labute approximate surface area is 155 Å². The number of nitrogens with zero attached hydrogens (tertiary/aromatic N) is 5. The molecule has 1 aromatic heterocycles. The highest BCUT2D eigenvalue weighted by Gasteiger charge is 2.23. The Morgan fingerprint density at radius 2 is 1.38 bits per heavy atom. The van der Waals surface area contributed by atoms with Gasteiger partial charge in [-0.1, -0.05) is 30.3 Å². The lowest BCUT2D eigenvalue weighted by atomic mass is 10.1. The van der Waals surface area contributed by atoms with Crippen LogP contribution in [0, 0.1) is 0 Å². The summed E-state index contributed by atoms with van der Waals surface area (Å²) in [4.78, 5) is 16.1. The summed E-state index contributed by atoms with van der Waals surface area (Å²) in [7, 11) is 0. The Morgan fingerprint density at radius 3 is 2.04 bits per heavy atom. The highest BCUT2D eigenvalue weighted by atomic mass is 15.3. The van der Waals surface area contributed by atoms with Crippen LogP contribution in [-0.2, 0) is 6.54 Å². The number of nitrogens with two attached hydrogens (primary N) is 1. The topological polar surface area (TPSA) is 61.5 Å². The van der Waals surface area contributed by atoms with Crippen LogP contribution in [0.2, 0.25) is 0 Å². The molecule has 3 heterocycles. The van der Waals surface area contributed by atoms with E-state index in [9.17, 15) is 0 Å². The van der Waals surface area contributed by atoms with E-state index in [1.807, 2.05) is 0 Å². The average Bonchev–Trinajstić information content (AvgIpc) is 2.70. The number of hydrogen-bond acceptors (Lipinski definition) is 6. The number of benzene rings is 1. The van der Waals surface area contributed by atoms with Crippen molar-refractivity contribution in [3.63, 3.8) is 0 Å². The minimum absolute atomic E-state index is 0.742. The molecule has 0 bridgehead atoms. The van der Waals surface area contributed by atoms with Crippen molar-refractivity contribution >= 4 is 17.3 Å². The molecule has 6 heteroatoms. The molecule has 2 aliphatic heterocycles. The lowest BCUT2D eigenvalue weighted by Crippen LogP contribution is -2.46. The molecule has 4 rings (SSSR count). The largest absolute Gasteiger partial charge is 0.393 e. The summed E-state index contributed by atoms with van der Waals surface area (Å²) in [6.07, 6.45) is 5.41. The van der Waals surface area contributed by atoms with Gasteiger partial charge in [-0.25, -0.2) is 9.97 Å². The van der Waals surface area contributed by atoms with Gasteiger partial charge < -0.3 is 15.5 Å². The van der Waals surface area contributed by atoms with E-state index in [1.165, 1.54) is 24.8 Å². The number of nitrogen functional groups attached to an aromatic ring is 1. The number of piperidine rings is 1. The molecule has 0 spiro atoms. The number of piperazine rings is 1. The zero-order valence-corrected chi connectivity index (χ0v) is 15.3. The third-order valence-corrected chi connectivity index (χ3v) is 5.42. The second-order valence-corrected chi connectivity index (χ2v) is 7.23. The van der Waals surface area contributed by atoms with Gasteiger partial charge in [0.05, 0.1) is 0 Å². The molecule has 0 atom stereocenters. The van der Waals surface area contributed by atoms with Crippen LogP contribution in [0.15, 0.2) is 36.7 Å². The standard InChI is InChI=1S/C20H28N6/c21-18-19(25-9-5-2-6-10-25)22-16-23-20(18)26-13-11-24(12-14-26)15-17-7-3-1-4-8-17/h1,3-4,7-8,16H,2,5-6,9-15,21H2. The average molecular weight is 352 g/mol. The summed E-state index contributed by atoms with van der Waals surface area (Å²) in [5, 5.41) is 0. The van der Waals surface area contributed by atoms with Crippen molar-refractivity contribution in [1.82, 2.24) is 14.9 Å². The molecule has 6 nitrogen and oxygen atoms in total. The Balaban J connectivity index is 1.41. The van der Waals surface area contributed by atoms with E-state index in [-0.39, 0.29) is 0 Å². The first-order chi connectivity index (χ1) is 12.8. The molecule has 0 unspecified atom stereocenters. The van der Waals surface area contributed by atoms with Crippen molar-refractivity contribution in [1.29, 1.82) is 0 Å². The summed E-state index contributed by atoms with van der Waals surface area (Å²) in [5.41, 5.74) is 8.59. The van der Waals surface area contributed by atoms with E-state index in [0.717, 1.165) is 63.1 Å². The fourth-order valence-corrected chi connectivity index (χ4v) is 3.95. The molecule has 0 radical (unpaired) electrons. The third-order valence-electron chi connectivity index (χ3n) is 5.42. The van der Waals surface area contributed by atoms with Crippen LogP contribution in [0.25, 0.3) is 0 Å². The normalized spacial score (nSPS) is 18.9. The van der Waals surface area contributed by atoms with E-state index in [0.29, 0.717) is 0 Å². The van der Waals surface area contributed by atoms with Crippen molar-refractivity contribution in [2.24, 2.45) is 0 Å². The van der Waals surface area contributed by atoms with Crippen LogP contribution in [-0.4, -0.2) is 54.1 Å². The van der Waals surface area contributed by atoms with Gasteiger partial charge in [-0.2, -0.15) is 0 Å². The van der Waals surface area contributed by atoms with Crippen LogP contribution in [0.4, 0.5) is 17.3 Å². The molecule has 26 heavy (non-hydrogen) atoms. The van der Waals surface area contributed by atoms with Crippen molar-refractivity contribution in [2.45, 2.75) is 25.8 Å². The summed E-state index contributed by atoms with van der Waals surface area (Å²) >= 11 is 0. The number of aromatic nitrogens is 2. The number of anilines is 3. The van der Waals surface area contributed by atoms with Crippen LogP contribution in [0.1, 0.15) is 24.8 Å². The fourth-order valence-electron chi connectivity index (χ4n) is 3.95. The molecule has 2 N–H and O–H groups in total. The van der Waals surface area contributed by atoms with Gasteiger partial charge in [0.2, 0.25) is 0 Å². The Bertz CT molecular complexity index is 705. The molecule has 0 aliphatic carbocycles. The molecule has 0 amide bonds. The molecular formula is C20H28N6. The maximum Gasteiger partial charge on any atom is 0.157 e. The van der Waals surface area contributed by atoms with Crippen LogP contribution in [0.3, 0.4) is 0 Å². The summed E-state index contributed by atoms with van der Waals surface area (Å²) < 4.78 is 0. The minimum Gasteiger partial charge on any atom is -0.393 e. The van der Waals surface area contributed by atoms with E-state index < -0.39 is 0 Å². The van der Waals surface area contributed by atoms with E-state index in [2.05, 4.69) is 55.0 Å². The minimum atomic E-state index is 0.742. The quantitative estimate of drug-likeness (QED) is 0.912. The van der Waals surface area contributed by atoms with Crippen LogP contribution < -0.4 is 15.5 Å². The lowest BCUT2D eigenvalue weighted by Gasteiger charge is -2.36. The first-order valence-corrected chi connectivity index (χ1v) is 9.68. The van der Waals surface area contributed by atoms with Gasteiger partial charge in [-0.15, -0.1) is 0 Å². The maximum atomic E-state index is 6.48. The zero-order valence-electron chi connectivity index (χ0n) is 15.3. The molecule has 2 aromatic rings. The molecule has 1 aromatic carbocycles. The van der Waals surface area contributed by atoms with Crippen molar-refractivity contribution in [3.05, 3.63) is 42.2 Å². The Kier molecular flexibility index (Phi) is 5.20. The first kappa shape index (κ1) is 17.1. The number of rotatable bonds is 4. The summed E-state index contributed by atoms with van der Waals surface area (Å²) in [5.74, 6) is 1.82. The van der Waals surface area contributed by atoms with Gasteiger partial charge >= 0.3 is 0 Å². The van der Waals surface area contributed by atoms with Crippen LogP contribution in [0.5, 0.6) is 0 Å². The van der Waals surface area contributed by atoms with E-state index >= 15 is 0 Å². The van der Waals surface area contributed by atoms with E-state index in [4.69, 9.17) is 5.73 Å². The van der Waals surface area contributed by atoms with Gasteiger partial charge in [0, 0.05) is 45.8 Å². The van der Waals surface area contributed by atoms with Gasteiger partial charge in [0.15, 0.2) is 11.6 Å². The van der Waals surface area contributed by atoms with Gasteiger partial charge in [0.1, 0.15) is 12.0 Å². The summed E-state index contributed by atoms with van der Waals surface area (Å²) in [6, 6.07) is 10.7. The van der Waals surface area contributed by atoms with Crippen LogP contribution >= 0.6 is 0 Å². The van der Waals surface area contributed by atoms with Gasteiger partial charge in [-0.05, 0) is 24.8 Å². The molecule has 0 saturated carbocycles. The zero-order chi connectivity index (χ0) is 17.8. The van der Waals surface area contributed by atoms with Gasteiger partial charge in [0.25, 0.3) is 0 Å². The molecule has 2 saturated heterocycles. The Morgan fingerprint density at radius 1 is 0.769 bits per heavy atom. The first-order valence-electron chi connectivity index (χ1n) is 9.68. The molecular weight excluding hydrogens is 324 g/mol. The van der Waals surface area contributed by atoms with Crippen molar-refractivity contribution < 1.29 is 0 Å². The Hall–Kier alpha value is -2.34. The SMILES string of the molecule is Nc1c(N2CCCCC2)ncnc1N1CCN(Cc2ccccc2)CC1. The van der Waals surface area contributed by atoms with E-state index in [1.54, 1.807) is 6.33 Å². The molecule has 2 aliphatic rings. The maximum absolute atomic E-state index is 6.48. The van der Waals surface area contributed by atoms with Gasteiger partial charge in [-0.3, -0.25) is 4.90 Å². The predicted octanol–water partition coefficient (Wildman–Crippen LogP) is 2.37. The lowest BCUT2D eigenvalue weighted by molar-refractivity contribution is 0.249. The van der Waals surface area contributed by atoms with Crippen molar-refractivity contribution in [2.75, 3.05) is 54.8 Å². The second-order valence-electron chi connectivity index (χ2n) is 7.23.